The molecule has 0 spiro atoms. The van der Waals surface area contributed by atoms with Crippen molar-refractivity contribution >= 4 is 0 Å². The summed E-state index contributed by atoms with van der Waals surface area (Å²) in [5.74, 6) is 0.282. The molecule has 4 nitrogen and oxygen atoms in total. The molecule has 0 aliphatic rings. The predicted octanol–water partition coefficient (Wildman–Crippen LogP) is 0.660. The first kappa shape index (κ1) is 25.9. The third-order valence-electron chi connectivity index (χ3n) is 1.76. The van der Waals surface area contributed by atoms with Gasteiger partial charge in [0.25, 0.3) is 0 Å². The van der Waals surface area contributed by atoms with E-state index in [1.165, 1.54) is 0 Å². The van der Waals surface area contributed by atoms with Crippen LogP contribution in [0.1, 0.15) is 20.3 Å². The molecule has 0 bridgehead atoms. The van der Waals surface area contributed by atoms with Gasteiger partial charge >= 0.3 is 0 Å². The molecule has 6 heteroatoms. The molecule has 0 aliphatic heterocycles. The van der Waals surface area contributed by atoms with Gasteiger partial charge in [0.1, 0.15) is 0 Å². The molecule has 0 saturated heterocycles. The van der Waals surface area contributed by atoms with Crippen LogP contribution in [-0.4, -0.2) is 50.4 Å². The molecule has 0 aromatic carbocycles. The zero-order valence-corrected chi connectivity index (χ0v) is 16.4. The van der Waals surface area contributed by atoms with Crippen LogP contribution in [0.25, 0.3) is 0 Å². The molecule has 2 N–H and O–H groups in total. The van der Waals surface area contributed by atoms with E-state index < -0.39 is 0 Å². The number of ether oxygens (including phenoxy) is 2. The molecular formula is C10H24O4W2. The average Bonchev–Trinajstić information content (AvgIpc) is 2.22. The van der Waals surface area contributed by atoms with Crippen molar-refractivity contribution in [2.45, 2.75) is 26.4 Å². The van der Waals surface area contributed by atoms with Gasteiger partial charge in [-0.3, -0.25) is 0 Å². The fraction of sp³-hybridized carbons (Fsp3) is 1.00. The minimum atomic E-state index is 0. The van der Waals surface area contributed by atoms with Crippen molar-refractivity contribution in [1.82, 2.24) is 0 Å². The normalized spacial score (nSPS) is 12.4. The Hall–Kier alpha value is 1.22. The topological polar surface area (TPSA) is 58.9 Å². The first-order valence-electron chi connectivity index (χ1n) is 4.89. The number of hydrogen-bond acceptors (Lipinski definition) is 4. The van der Waals surface area contributed by atoms with Crippen molar-refractivity contribution in [2.24, 2.45) is 5.92 Å². The van der Waals surface area contributed by atoms with Crippen LogP contribution in [0, 0.1) is 5.92 Å². The van der Waals surface area contributed by atoms with Crippen molar-refractivity contribution in [3.05, 3.63) is 0 Å². The van der Waals surface area contributed by atoms with Crippen LogP contribution < -0.4 is 0 Å². The van der Waals surface area contributed by atoms with E-state index in [-0.39, 0.29) is 67.4 Å². The Labute approximate surface area is 128 Å². The van der Waals surface area contributed by atoms with Gasteiger partial charge in [0, 0.05) is 68.9 Å². The molecule has 0 amide bonds. The molecule has 0 aromatic rings. The van der Waals surface area contributed by atoms with Crippen LogP contribution in [0.4, 0.5) is 0 Å². The summed E-state index contributed by atoms with van der Waals surface area (Å²) >= 11 is 0. The van der Waals surface area contributed by atoms with Gasteiger partial charge in [-0.15, -0.1) is 0 Å². The third kappa shape index (κ3) is 20.6. The van der Waals surface area contributed by atoms with Crippen LogP contribution in [0.5, 0.6) is 0 Å². The second-order valence-electron chi connectivity index (χ2n) is 3.19. The van der Waals surface area contributed by atoms with Gasteiger partial charge in [-0.25, -0.2) is 0 Å². The quantitative estimate of drug-likeness (QED) is 0.489. The maximum atomic E-state index is 8.40. The van der Waals surface area contributed by atoms with Gasteiger partial charge in [0.15, 0.2) is 0 Å². The molecule has 0 radical (unpaired) electrons. The summed E-state index contributed by atoms with van der Waals surface area (Å²) in [7, 11) is 3.23. The number of rotatable bonds is 6. The summed E-state index contributed by atoms with van der Waals surface area (Å²) in [6, 6.07) is 0. The van der Waals surface area contributed by atoms with E-state index in [4.69, 9.17) is 19.7 Å². The van der Waals surface area contributed by atoms with Crippen molar-refractivity contribution in [3.8, 4) is 0 Å². The molecule has 16 heavy (non-hydrogen) atoms. The Balaban J connectivity index is -0.0000000800. The molecule has 0 fully saturated rings. The summed E-state index contributed by atoms with van der Waals surface area (Å²) in [6.45, 7) is 4.91. The Bertz CT molecular complexity index is 97.3. The monoisotopic (exact) mass is 576 g/mol. The SMILES string of the molecule is CCC(CO)OC.COCC(C)CO.[W].[W]. The predicted molar refractivity (Wildman–Crippen MR) is 56.3 cm³/mol. The van der Waals surface area contributed by atoms with Crippen LogP contribution in [0.3, 0.4) is 0 Å². The summed E-state index contributed by atoms with van der Waals surface area (Å²) in [4.78, 5) is 0. The second kappa shape index (κ2) is 21.5. The van der Waals surface area contributed by atoms with Crippen molar-refractivity contribution in [1.29, 1.82) is 0 Å². The standard InChI is InChI=1S/2C5H12O2.2W/c1-5(3-6)4-7-2;1-3-5(4-6)7-2;;/h2*5-6H,3-4H2,1-2H3;;. The molecule has 0 aromatic heterocycles. The van der Waals surface area contributed by atoms with Crippen LogP contribution in [0.2, 0.25) is 0 Å². The maximum Gasteiger partial charge on any atom is 0.0799 e. The minimum Gasteiger partial charge on any atom is -0.396 e. The zero-order chi connectivity index (χ0) is 11.4. The molecule has 0 saturated carbocycles. The first-order chi connectivity index (χ1) is 6.65. The first-order valence-corrected chi connectivity index (χ1v) is 4.89. The van der Waals surface area contributed by atoms with Gasteiger partial charge in [0.05, 0.1) is 19.3 Å². The van der Waals surface area contributed by atoms with Gasteiger partial charge in [-0.1, -0.05) is 13.8 Å². The Morgan fingerprint density at radius 1 is 1.06 bits per heavy atom. The van der Waals surface area contributed by atoms with E-state index >= 15 is 0 Å². The Morgan fingerprint density at radius 3 is 1.62 bits per heavy atom. The minimum absolute atomic E-state index is 0. The Kier molecular flexibility index (Phi) is 34.8. The van der Waals surface area contributed by atoms with E-state index in [0.717, 1.165) is 6.42 Å². The molecule has 0 aliphatic carbocycles. The smallest absolute Gasteiger partial charge is 0.0799 e. The fourth-order valence-corrected chi connectivity index (χ4v) is 0.708. The van der Waals surface area contributed by atoms with E-state index in [1.807, 2.05) is 13.8 Å². The summed E-state index contributed by atoms with van der Waals surface area (Å²) in [5, 5.41) is 16.8. The third-order valence-corrected chi connectivity index (χ3v) is 1.76. The van der Waals surface area contributed by atoms with E-state index in [9.17, 15) is 0 Å². The number of hydrogen-bond donors (Lipinski definition) is 2. The summed E-state index contributed by atoms with van der Waals surface area (Å²) in [6.07, 6.45) is 0.924. The van der Waals surface area contributed by atoms with E-state index in [0.29, 0.717) is 6.61 Å². The number of methoxy groups -OCH3 is 2. The maximum absolute atomic E-state index is 8.40. The number of aliphatic hydroxyl groups excluding tert-OH is 2. The zero-order valence-electron chi connectivity index (χ0n) is 10.5. The van der Waals surface area contributed by atoms with Crippen molar-refractivity contribution in [3.63, 3.8) is 0 Å². The molecular weight excluding hydrogens is 552 g/mol. The Morgan fingerprint density at radius 2 is 1.56 bits per heavy atom. The molecule has 2 unspecified atom stereocenters. The van der Waals surface area contributed by atoms with Gasteiger partial charge < -0.3 is 19.7 Å². The van der Waals surface area contributed by atoms with Crippen molar-refractivity contribution < 1.29 is 61.8 Å². The fourth-order valence-electron chi connectivity index (χ4n) is 0.708. The molecule has 100 valence electrons. The van der Waals surface area contributed by atoms with Gasteiger partial charge in [-0.2, -0.15) is 0 Å². The summed E-state index contributed by atoms with van der Waals surface area (Å²) < 4.78 is 9.53. The second-order valence-corrected chi connectivity index (χ2v) is 3.19. The van der Waals surface area contributed by atoms with Crippen molar-refractivity contribution in [2.75, 3.05) is 34.0 Å². The summed E-state index contributed by atoms with van der Waals surface area (Å²) in [5.41, 5.74) is 0. The molecule has 0 rings (SSSR count). The van der Waals surface area contributed by atoms with Gasteiger partial charge in [0.2, 0.25) is 0 Å². The van der Waals surface area contributed by atoms with Crippen LogP contribution in [0.15, 0.2) is 0 Å². The molecule has 2 atom stereocenters. The van der Waals surface area contributed by atoms with Crippen LogP contribution >= 0.6 is 0 Å². The van der Waals surface area contributed by atoms with Gasteiger partial charge in [-0.05, 0) is 6.42 Å². The average molecular weight is 576 g/mol. The van der Waals surface area contributed by atoms with Crippen LogP contribution in [-0.2, 0) is 51.6 Å². The van der Waals surface area contributed by atoms with E-state index in [2.05, 4.69) is 0 Å². The molecule has 0 heterocycles. The van der Waals surface area contributed by atoms with E-state index in [1.54, 1.807) is 14.2 Å². The number of aliphatic hydroxyl groups is 2. The largest absolute Gasteiger partial charge is 0.396 e.